The average Bonchev–Trinajstić information content (AvgIpc) is 3.23. The number of carbonyl (C=O) groups excluding carboxylic acids is 1. The molecular formula is C24H29N3O4. The predicted molar refractivity (Wildman–Crippen MR) is 119 cm³/mol. The van der Waals surface area contributed by atoms with Crippen molar-refractivity contribution in [2.45, 2.75) is 25.5 Å². The number of ketones is 1. The summed E-state index contributed by atoms with van der Waals surface area (Å²) < 4.78 is 13.0. The highest BCUT2D eigenvalue weighted by Crippen LogP contribution is 2.24. The van der Waals surface area contributed by atoms with Gasteiger partial charge >= 0.3 is 0 Å². The lowest BCUT2D eigenvalue weighted by Gasteiger charge is -2.22. The molecule has 2 atom stereocenters. The first-order valence-electron chi connectivity index (χ1n) is 10.3. The molecule has 2 N–H and O–H groups in total. The number of aromatic nitrogens is 2. The molecule has 7 heteroatoms. The number of methoxy groups -OCH3 is 1. The molecule has 0 amide bonds. The van der Waals surface area contributed by atoms with Crippen molar-refractivity contribution in [1.82, 2.24) is 14.9 Å². The quantitative estimate of drug-likeness (QED) is 0.461. The molecule has 0 aliphatic rings. The first-order valence-corrected chi connectivity index (χ1v) is 10.3. The Balaban J connectivity index is 1.62. The molecule has 1 aromatic heterocycles. The Morgan fingerprint density at radius 1 is 1.19 bits per heavy atom. The number of aliphatic hydroxyl groups excluding tert-OH is 1. The molecule has 3 aromatic rings. The normalized spacial score (nSPS) is 12.9. The molecule has 0 aliphatic heterocycles. The number of nitrogens with one attached hydrogen (secondary N) is 1. The van der Waals surface area contributed by atoms with E-state index in [1.165, 1.54) is 0 Å². The maximum absolute atomic E-state index is 11.7. The van der Waals surface area contributed by atoms with Gasteiger partial charge in [0.2, 0.25) is 0 Å². The summed E-state index contributed by atoms with van der Waals surface area (Å²) in [6, 6.07) is 14.5. The van der Waals surface area contributed by atoms with Crippen molar-refractivity contribution in [3.8, 4) is 11.5 Å². The number of imidazole rings is 1. The number of aryl methyl sites for hydroxylation is 1. The van der Waals surface area contributed by atoms with Crippen molar-refractivity contribution in [1.29, 1.82) is 0 Å². The molecule has 164 valence electrons. The van der Waals surface area contributed by atoms with E-state index in [0.717, 1.165) is 17.1 Å². The zero-order valence-electron chi connectivity index (χ0n) is 18.1. The number of ether oxygens (including phenoxy) is 2. The van der Waals surface area contributed by atoms with E-state index in [4.69, 9.17) is 9.47 Å². The molecule has 7 nitrogen and oxygen atoms in total. The Kier molecular flexibility index (Phi) is 7.81. The van der Waals surface area contributed by atoms with E-state index in [1.54, 1.807) is 37.6 Å². The van der Waals surface area contributed by atoms with Gasteiger partial charge in [0.15, 0.2) is 5.78 Å². The van der Waals surface area contributed by atoms with Gasteiger partial charge in [-0.3, -0.25) is 4.79 Å². The average molecular weight is 424 g/mol. The minimum absolute atomic E-state index is 0.0913. The lowest BCUT2D eigenvalue weighted by Crippen LogP contribution is -2.35. The molecule has 0 saturated carbocycles. The Morgan fingerprint density at radius 3 is 2.61 bits per heavy atom. The smallest absolute Gasteiger partial charge is 0.162 e. The van der Waals surface area contributed by atoms with Crippen molar-refractivity contribution < 1.29 is 19.4 Å². The number of Topliss-reactive ketones (excluding diaryl/α,β-unsaturated/α-hetero) is 1. The van der Waals surface area contributed by atoms with Crippen molar-refractivity contribution in [3.63, 3.8) is 0 Å². The summed E-state index contributed by atoms with van der Waals surface area (Å²) in [5, 5.41) is 13.8. The molecule has 0 bridgehead atoms. The largest absolute Gasteiger partial charge is 0.497 e. The van der Waals surface area contributed by atoms with Gasteiger partial charge in [-0.2, -0.15) is 0 Å². The van der Waals surface area contributed by atoms with Crippen LogP contribution in [0, 0.1) is 0 Å². The highest BCUT2D eigenvalue weighted by molar-refractivity contribution is 5.95. The molecule has 2 unspecified atom stereocenters. The number of benzene rings is 2. The van der Waals surface area contributed by atoms with Gasteiger partial charge in [0.05, 0.1) is 13.2 Å². The molecule has 0 saturated heterocycles. The molecule has 0 radical (unpaired) electrons. The second-order valence-electron chi connectivity index (χ2n) is 7.28. The van der Waals surface area contributed by atoms with Crippen LogP contribution in [0.2, 0.25) is 0 Å². The number of hydrogen-bond donors (Lipinski definition) is 2. The van der Waals surface area contributed by atoms with Crippen molar-refractivity contribution >= 4 is 5.78 Å². The van der Waals surface area contributed by atoms with Gasteiger partial charge in [-0.1, -0.05) is 19.1 Å². The summed E-state index contributed by atoms with van der Waals surface area (Å²) in [4.78, 5) is 16.2. The van der Waals surface area contributed by atoms with Gasteiger partial charge < -0.3 is 24.5 Å². The van der Waals surface area contributed by atoms with E-state index in [9.17, 15) is 9.90 Å². The lowest BCUT2D eigenvalue weighted by atomic mass is 10.1. The molecule has 1 heterocycles. The van der Waals surface area contributed by atoms with Gasteiger partial charge in [-0.25, -0.2) is 4.98 Å². The fourth-order valence-corrected chi connectivity index (χ4v) is 3.28. The molecule has 0 fully saturated rings. The fourth-order valence-electron chi connectivity index (χ4n) is 3.28. The second-order valence-corrected chi connectivity index (χ2v) is 7.28. The molecule has 2 aromatic carbocycles. The fraction of sp³-hybridized carbons (Fsp3) is 0.333. The van der Waals surface area contributed by atoms with Crippen LogP contribution in [0.5, 0.6) is 11.5 Å². The third kappa shape index (κ3) is 5.93. The van der Waals surface area contributed by atoms with Gasteiger partial charge in [-0.05, 0) is 42.0 Å². The van der Waals surface area contributed by atoms with Crippen LogP contribution < -0.4 is 14.8 Å². The third-order valence-corrected chi connectivity index (χ3v) is 5.04. The van der Waals surface area contributed by atoms with E-state index >= 15 is 0 Å². The first-order chi connectivity index (χ1) is 15.0. The van der Waals surface area contributed by atoms with Crippen LogP contribution in [-0.4, -0.2) is 46.8 Å². The monoisotopic (exact) mass is 423 g/mol. The Morgan fingerprint density at radius 2 is 1.97 bits per heavy atom. The maximum atomic E-state index is 11.7. The zero-order chi connectivity index (χ0) is 22.2. The van der Waals surface area contributed by atoms with Crippen LogP contribution in [0.4, 0.5) is 0 Å². The predicted octanol–water partition coefficient (Wildman–Crippen LogP) is 3.14. The summed E-state index contributed by atoms with van der Waals surface area (Å²) in [5.74, 6) is 2.29. The summed E-state index contributed by atoms with van der Waals surface area (Å²) in [6.07, 6.45) is 3.37. The van der Waals surface area contributed by atoms with Crippen molar-refractivity contribution in [2.24, 2.45) is 7.05 Å². The molecular weight excluding hydrogens is 394 g/mol. The molecule has 0 spiro atoms. The van der Waals surface area contributed by atoms with E-state index in [-0.39, 0.29) is 18.4 Å². The molecule has 31 heavy (non-hydrogen) atoms. The minimum atomic E-state index is -0.731. The topological polar surface area (TPSA) is 85.6 Å². The lowest BCUT2D eigenvalue weighted by molar-refractivity contribution is 0.0986. The third-order valence-electron chi connectivity index (χ3n) is 5.04. The van der Waals surface area contributed by atoms with Gasteiger partial charge in [-0.15, -0.1) is 0 Å². The van der Waals surface area contributed by atoms with Crippen LogP contribution in [0.15, 0.2) is 60.9 Å². The summed E-state index contributed by atoms with van der Waals surface area (Å²) in [7, 11) is 3.57. The second kappa shape index (κ2) is 10.7. The Bertz CT molecular complexity index is 984. The number of aliphatic hydroxyl groups is 1. The van der Waals surface area contributed by atoms with Crippen LogP contribution in [0.1, 0.15) is 41.1 Å². The summed E-state index contributed by atoms with van der Waals surface area (Å²) in [6.45, 7) is 2.26. The highest BCUT2D eigenvalue weighted by atomic mass is 16.5. The van der Waals surface area contributed by atoms with Crippen LogP contribution >= 0.6 is 0 Å². The number of carbonyl (C=O) groups is 1. The van der Waals surface area contributed by atoms with Crippen LogP contribution in [0.3, 0.4) is 0 Å². The van der Waals surface area contributed by atoms with Crippen LogP contribution in [0.25, 0.3) is 0 Å². The van der Waals surface area contributed by atoms with E-state index in [2.05, 4.69) is 10.3 Å². The molecule has 3 rings (SSSR count). The van der Waals surface area contributed by atoms with E-state index < -0.39 is 6.10 Å². The van der Waals surface area contributed by atoms with Crippen molar-refractivity contribution in [3.05, 3.63) is 77.9 Å². The van der Waals surface area contributed by atoms with E-state index in [1.807, 2.05) is 49.0 Å². The van der Waals surface area contributed by atoms with Crippen molar-refractivity contribution in [2.75, 3.05) is 20.3 Å². The first kappa shape index (κ1) is 22.5. The SMILES string of the molecule is CCC(=O)c1ccc(OCC(O)CNC(c2cccc(OC)c2)c2nccn2C)cc1. The Hall–Kier alpha value is -3.16. The molecule has 0 aliphatic carbocycles. The highest BCUT2D eigenvalue weighted by Gasteiger charge is 2.20. The van der Waals surface area contributed by atoms with Gasteiger partial charge in [0.25, 0.3) is 0 Å². The van der Waals surface area contributed by atoms with Gasteiger partial charge in [0.1, 0.15) is 30.0 Å². The van der Waals surface area contributed by atoms with E-state index in [0.29, 0.717) is 24.3 Å². The van der Waals surface area contributed by atoms with Gasteiger partial charge in [0, 0.05) is 38.0 Å². The standard InChI is InChI=1S/C24H29N3O4/c1-4-22(29)17-8-10-20(11-9-17)31-16-19(28)15-26-23(24-25-12-13-27(24)2)18-6-5-7-21(14-18)30-3/h5-14,19,23,26,28H,4,15-16H2,1-3H3. The zero-order valence-corrected chi connectivity index (χ0v) is 18.1. The van der Waals surface area contributed by atoms with Crippen LogP contribution in [-0.2, 0) is 7.05 Å². The summed E-state index contributed by atoms with van der Waals surface area (Å²) >= 11 is 0. The maximum Gasteiger partial charge on any atom is 0.162 e. The Labute approximate surface area is 182 Å². The number of hydrogen-bond acceptors (Lipinski definition) is 6. The minimum Gasteiger partial charge on any atom is -0.497 e. The number of nitrogens with zero attached hydrogens (tertiary/aromatic N) is 2. The summed E-state index contributed by atoms with van der Waals surface area (Å²) in [5.41, 5.74) is 1.64. The number of rotatable bonds is 11.